The van der Waals surface area contributed by atoms with Crippen molar-refractivity contribution in [2.75, 3.05) is 6.54 Å². The van der Waals surface area contributed by atoms with E-state index < -0.39 is 12.0 Å². The highest BCUT2D eigenvalue weighted by molar-refractivity contribution is 5.91. The lowest BCUT2D eigenvalue weighted by molar-refractivity contribution is -0.139. The Labute approximate surface area is 118 Å². The lowest BCUT2D eigenvalue weighted by atomic mass is 9.99. The van der Waals surface area contributed by atoms with Crippen molar-refractivity contribution in [3.8, 4) is 0 Å². The van der Waals surface area contributed by atoms with Crippen LogP contribution in [0.1, 0.15) is 41.8 Å². The van der Waals surface area contributed by atoms with Gasteiger partial charge in [-0.3, -0.25) is 4.79 Å². The molecule has 0 saturated heterocycles. The van der Waals surface area contributed by atoms with Gasteiger partial charge in [-0.2, -0.15) is 0 Å². The van der Waals surface area contributed by atoms with Crippen molar-refractivity contribution in [3.05, 3.63) is 34.5 Å². The van der Waals surface area contributed by atoms with Gasteiger partial charge in [0, 0.05) is 22.2 Å². The van der Waals surface area contributed by atoms with Gasteiger partial charge in [0.25, 0.3) is 0 Å². The zero-order valence-electron chi connectivity index (χ0n) is 11.9. The maximum atomic E-state index is 11.5. The summed E-state index contributed by atoms with van der Waals surface area (Å²) in [5, 5.41) is 13.6. The fourth-order valence-electron chi connectivity index (χ4n) is 3.31. The van der Waals surface area contributed by atoms with E-state index in [1.165, 1.54) is 17.5 Å². The number of carboxylic acids is 1. The highest BCUT2D eigenvalue weighted by atomic mass is 16.4. The Hall–Kier alpha value is -1.81. The number of fused-ring (bicyclic) bond motifs is 2. The van der Waals surface area contributed by atoms with E-state index in [2.05, 4.69) is 22.4 Å². The molecule has 3 rings (SSSR count). The van der Waals surface area contributed by atoms with E-state index in [4.69, 9.17) is 0 Å². The highest BCUT2D eigenvalue weighted by Gasteiger charge is 2.25. The topological polar surface area (TPSA) is 65.1 Å². The Bertz CT molecular complexity index is 673. The van der Waals surface area contributed by atoms with Gasteiger partial charge in [-0.25, -0.2) is 0 Å². The van der Waals surface area contributed by atoms with Crippen LogP contribution in [-0.4, -0.2) is 22.6 Å². The largest absolute Gasteiger partial charge is 0.480 e. The zero-order chi connectivity index (χ0) is 14.3. The van der Waals surface area contributed by atoms with Gasteiger partial charge in [0.2, 0.25) is 0 Å². The summed E-state index contributed by atoms with van der Waals surface area (Å²) in [6.45, 7) is 4.51. The van der Waals surface area contributed by atoms with Crippen molar-refractivity contribution >= 4 is 16.9 Å². The number of rotatable bonds is 4. The van der Waals surface area contributed by atoms with E-state index in [0.29, 0.717) is 6.54 Å². The molecule has 0 amide bonds. The van der Waals surface area contributed by atoms with E-state index in [1.807, 2.05) is 13.8 Å². The molecule has 4 heteroatoms. The number of hydrogen-bond acceptors (Lipinski definition) is 2. The molecule has 1 aliphatic carbocycles. The number of likely N-dealkylation sites (N-methyl/N-ethyl adjacent to an activating group) is 1. The number of H-pyrrole nitrogens is 1. The molecule has 0 spiro atoms. The van der Waals surface area contributed by atoms with Gasteiger partial charge in [-0.15, -0.1) is 0 Å². The molecule has 106 valence electrons. The van der Waals surface area contributed by atoms with Crippen LogP contribution in [0.25, 0.3) is 10.9 Å². The van der Waals surface area contributed by atoms with E-state index in [-0.39, 0.29) is 0 Å². The van der Waals surface area contributed by atoms with Gasteiger partial charge in [-0.05, 0) is 56.0 Å². The van der Waals surface area contributed by atoms with Crippen molar-refractivity contribution in [2.24, 2.45) is 0 Å². The Morgan fingerprint density at radius 2 is 2.10 bits per heavy atom. The molecule has 0 saturated carbocycles. The molecule has 3 N–H and O–H groups in total. The Morgan fingerprint density at radius 3 is 2.75 bits per heavy atom. The van der Waals surface area contributed by atoms with Crippen LogP contribution in [0.5, 0.6) is 0 Å². The third-order valence-electron chi connectivity index (χ3n) is 4.19. The number of carboxylic acid groups (broad SMARTS) is 1. The number of aliphatic carboxylic acids is 1. The summed E-state index contributed by atoms with van der Waals surface area (Å²) in [5.74, 6) is -0.823. The number of aromatic nitrogens is 1. The fraction of sp³-hybridized carbons (Fsp3) is 0.438. The molecule has 0 bridgehead atoms. The second-order valence-corrected chi connectivity index (χ2v) is 5.51. The van der Waals surface area contributed by atoms with Crippen LogP contribution in [0, 0.1) is 6.92 Å². The quantitative estimate of drug-likeness (QED) is 0.801. The van der Waals surface area contributed by atoms with E-state index in [0.717, 1.165) is 35.0 Å². The van der Waals surface area contributed by atoms with Crippen LogP contribution in [-0.2, 0) is 17.6 Å². The molecule has 0 fully saturated rings. The van der Waals surface area contributed by atoms with E-state index in [9.17, 15) is 9.90 Å². The van der Waals surface area contributed by atoms with E-state index >= 15 is 0 Å². The number of aryl methyl sites for hydroxylation is 3. The summed E-state index contributed by atoms with van der Waals surface area (Å²) < 4.78 is 0. The SMILES string of the molecule is CCNC(C(=O)O)c1c(C)[nH]c2cc3c(cc12)CCC3. The Balaban J connectivity index is 2.18. The van der Waals surface area contributed by atoms with Crippen LogP contribution >= 0.6 is 0 Å². The number of aromatic amines is 1. The standard InChI is InChI=1S/C16H20N2O2/c1-3-17-15(16(19)20)14-9(2)18-13-8-11-6-4-5-10(11)7-12(13)14/h7-8,15,17-18H,3-6H2,1-2H3,(H,19,20). The molecule has 1 aromatic carbocycles. The van der Waals surface area contributed by atoms with Gasteiger partial charge >= 0.3 is 5.97 Å². The summed E-state index contributed by atoms with van der Waals surface area (Å²) >= 11 is 0. The molecule has 1 atom stereocenters. The molecule has 0 aliphatic heterocycles. The normalized spacial score (nSPS) is 15.5. The molecule has 1 aromatic heterocycles. The molecular formula is C16H20N2O2. The monoisotopic (exact) mass is 272 g/mol. The molecule has 0 radical (unpaired) electrons. The number of benzene rings is 1. The number of nitrogens with one attached hydrogen (secondary N) is 2. The van der Waals surface area contributed by atoms with Gasteiger partial charge in [0.15, 0.2) is 0 Å². The lowest BCUT2D eigenvalue weighted by Gasteiger charge is -2.14. The first-order chi connectivity index (χ1) is 9.61. The second kappa shape index (κ2) is 4.94. The minimum atomic E-state index is -0.823. The number of carbonyl (C=O) groups is 1. The predicted molar refractivity (Wildman–Crippen MR) is 79.1 cm³/mol. The Morgan fingerprint density at radius 1 is 1.40 bits per heavy atom. The Kier molecular flexibility index (Phi) is 3.26. The first-order valence-corrected chi connectivity index (χ1v) is 7.22. The van der Waals surface area contributed by atoms with Crippen molar-refractivity contribution in [1.82, 2.24) is 10.3 Å². The molecule has 20 heavy (non-hydrogen) atoms. The minimum absolute atomic E-state index is 0.633. The summed E-state index contributed by atoms with van der Waals surface area (Å²) in [7, 11) is 0. The smallest absolute Gasteiger partial charge is 0.325 e. The summed E-state index contributed by atoms with van der Waals surface area (Å²) in [6, 6.07) is 3.73. The lowest BCUT2D eigenvalue weighted by Crippen LogP contribution is -2.28. The van der Waals surface area contributed by atoms with Crippen molar-refractivity contribution in [3.63, 3.8) is 0 Å². The molecule has 1 aliphatic rings. The third kappa shape index (κ3) is 2.00. The van der Waals surface area contributed by atoms with Gasteiger partial charge in [-0.1, -0.05) is 6.92 Å². The van der Waals surface area contributed by atoms with E-state index in [1.54, 1.807) is 0 Å². The summed E-state index contributed by atoms with van der Waals surface area (Å²) in [6.07, 6.45) is 3.44. The maximum Gasteiger partial charge on any atom is 0.325 e. The van der Waals surface area contributed by atoms with Crippen molar-refractivity contribution in [1.29, 1.82) is 0 Å². The predicted octanol–water partition coefficient (Wildman–Crippen LogP) is 2.70. The van der Waals surface area contributed by atoms with Crippen LogP contribution < -0.4 is 5.32 Å². The first-order valence-electron chi connectivity index (χ1n) is 7.22. The average molecular weight is 272 g/mol. The van der Waals surface area contributed by atoms with Gasteiger partial charge in [0.05, 0.1) is 0 Å². The average Bonchev–Trinajstić information content (AvgIpc) is 2.96. The fourth-order valence-corrected chi connectivity index (χ4v) is 3.31. The maximum absolute atomic E-state index is 11.5. The molecule has 1 unspecified atom stereocenters. The van der Waals surface area contributed by atoms with Gasteiger partial charge < -0.3 is 15.4 Å². The minimum Gasteiger partial charge on any atom is -0.480 e. The highest BCUT2D eigenvalue weighted by Crippen LogP contribution is 2.33. The van der Waals surface area contributed by atoms with Crippen LogP contribution in [0.2, 0.25) is 0 Å². The van der Waals surface area contributed by atoms with Crippen LogP contribution in [0.4, 0.5) is 0 Å². The van der Waals surface area contributed by atoms with Gasteiger partial charge in [0.1, 0.15) is 6.04 Å². The first kappa shape index (κ1) is 13.2. The summed E-state index contributed by atoms with van der Waals surface area (Å²) in [4.78, 5) is 14.9. The molecule has 2 aromatic rings. The van der Waals surface area contributed by atoms with Crippen LogP contribution in [0.3, 0.4) is 0 Å². The van der Waals surface area contributed by atoms with Crippen LogP contribution in [0.15, 0.2) is 12.1 Å². The molecule has 4 nitrogen and oxygen atoms in total. The van der Waals surface area contributed by atoms with Crippen molar-refractivity contribution in [2.45, 2.75) is 39.2 Å². The van der Waals surface area contributed by atoms with Crippen molar-refractivity contribution < 1.29 is 9.90 Å². The molecule has 1 heterocycles. The molecular weight excluding hydrogens is 252 g/mol. The third-order valence-corrected chi connectivity index (χ3v) is 4.19. The zero-order valence-corrected chi connectivity index (χ0v) is 11.9. The summed E-state index contributed by atoms with van der Waals surface area (Å²) in [5.41, 5.74) is 5.65. The number of hydrogen-bond donors (Lipinski definition) is 3. The second-order valence-electron chi connectivity index (χ2n) is 5.51.